The Labute approximate surface area is 120 Å². The molecule has 0 saturated carbocycles. The number of para-hydroxylation sites is 1. The third-order valence-electron chi connectivity index (χ3n) is 2.93. The molecule has 1 aromatic heterocycles. The summed E-state index contributed by atoms with van der Waals surface area (Å²) in [5.41, 5.74) is 0.221. The Balaban J connectivity index is 2.56. The molecule has 1 N–H and O–H groups in total. The highest BCUT2D eigenvalue weighted by Crippen LogP contribution is 2.28. The normalized spacial score (nSPS) is 10.1. The molecule has 0 amide bonds. The number of carboxylic acid groups (broad SMARTS) is 1. The van der Waals surface area contributed by atoms with Crippen LogP contribution in [0.2, 0.25) is 0 Å². The van der Waals surface area contributed by atoms with Crippen molar-refractivity contribution in [1.29, 1.82) is 0 Å². The molecule has 0 aliphatic carbocycles. The standard InChI is InChI=1S/C14H13N3O4/c1-2-16(10-6-4-3-5-7-10)13-12(14(18)19)8-11(9-15-13)17(20)21/h3-9H,2H2,1H3,(H,18,19). The number of carbonyl (C=O) groups is 1. The van der Waals surface area contributed by atoms with Gasteiger partial charge in [-0.25, -0.2) is 9.78 Å². The lowest BCUT2D eigenvalue weighted by molar-refractivity contribution is -0.385. The Hall–Kier alpha value is -2.96. The molecular formula is C14H13N3O4. The molecule has 0 fully saturated rings. The molecule has 1 aromatic carbocycles. The summed E-state index contributed by atoms with van der Waals surface area (Å²) in [6.45, 7) is 2.33. The summed E-state index contributed by atoms with van der Waals surface area (Å²) in [6, 6.07) is 10.2. The maximum Gasteiger partial charge on any atom is 0.339 e. The molecule has 108 valence electrons. The third kappa shape index (κ3) is 2.97. The Bertz CT molecular complexity index is 673. The fraction of sp³-hybridized carbons (Fsp3) is 0.143. The van der Waals surface area contributed by atoms with Gasteiger partial charge in [0.1, 0.15) is 17.6 Å². The van der Waals surface area contributed by atoms with Crippen molar-refractivity contribution in [2.45, 2.75) is 6.92 Å². The highest BCUT2D eigenvalue weighted by atomic mass is 16.6. The summed E-state index contributed by atoms with van der Waals surface area (Å²) in [7, 11) is 0. The van der Waals surface area contributed by atoms with Crippen LogP contribution in [-0.4, -0.2) is 27.5 Å². The largest absolute Gasteiger partial charge is 0.478 e. The van der Waals surface area contributed by atoms with E-state index in [0.717, 1.165) is 18.0 Å². The highest BCUT2D eigenvalue weighted by Gasteiger charge is 2.21. The molecule has 0 saturated heterocycles. The lowest BCUT2D eigenvalue weighted by Crippen LogP contribution is -2.20. The summed E-state index contributed by atoms with van der Waals surface area (Å²) >= 11 is 0. The van der Waals surface area contributed by atoms with Gasteiger partial charge in [-0.2, -0.15) is 0 Å². The number of hydrogen-bond donors (Lipinski definition) is 1. The molecule has 0 radical (unpaired) electrons. The van der Waals surface area contributed by atoms with Crippen LogP contribution in [-0.2, 0) is 0 Å². The van der Waals surface area contributed by atoms with E-state index in [1.165, 1.54) is 0 Å². The van der Waals surface area contributed by atoms with E-state index < -0.39 is 10.9 Å². The number of hydrogen-bond acceptors (Lipinski definition) is 5. The van der Waals surface area contributed by atoms with Crippen molar-refractivity contribution < 1.29 is 14.8 Å². The molecule has 2 aromatic rings. The Kier molecular flexibility index (Phi) is 4.13. The van der Waals surface area contributed by atoms with Crippen molar-refractivity contribution in [3.63, 3.8) is 0 Å². The molecular weight excluding hydrogens is 274 g/mol. The maximum atomic E-state index is 11.4. The molecule has 0 aliphatic heterocycles. The minimum Gasteiger partial charge on any atom is -0.478 e. The summed E-state index contributed by atoms with van der Waals surface area (Å²) in [5, 5.41) is 20.0. The number of benzene rings is 1. The van der Waals surface area contributed by atoms with E-state index in [1.807, 2.05) is 37.3 Å². The summed E-state index contributed by atoms with van der Waals surface area (Å²) in [4.78, 5) is 27.1. The van der Waals surface area contributed by atoms with Crippen LogP contribution in [0, 0.1) is 10.1 Å². The summed E-state index contributed by atoms with van der Waals surface area (Å²) < 4.78 is 0. The number of carboxylic acids is 1. The maximum absolute atomic E-state index is 11.4. The highest BCUT2D eigenvalue weighted by molar-refractivity contribution is 5.95. The first-order valence-electron chi connectivity index (χ1n) is 6.25. The molecule has 0 spiro atoms. The van der Waals surface area contributed by atoms with Gasteiger partial charge in [0.15, 0.2) is 0 Å². The number of aromatic nitrogens is 1. The van der Waals surface area contributed by atoms with Crippen LogP contribution >= 0.6 is 0 Å². The average molecular weight is 287 g/mol. The zero-order valence-electron chi connectivity index (χ0n) is 11.3. The lowest BCUT2D eigenvalue weighted by atomic mass is 10.2. The number of rotatable bonds is 5. The van der Waals surface area contributed by atoms with Gasteiger partial charge in [-0.05, 0) is 19.1 Å². The van der Waals surface area contributed by atoms with E-state index in [0.29, 0.717) is 6.54 Å². The van der Waals surface area contributed by atoms with E-state index in [1.54, 1.807) is 4.90 Å². The number of aromatic carboxylic acids is 1. The fourth-order valence-electron chi connectivity index (χ4n) is 1.98. The Morgan fingerprint density at radius 3 is 2.57 bits per heavy atom. The SMILES string of the molecule is CCN(c1ccccc1)c1ncc([N+](=O)[O-])cc1C(=O)O. The zero-order chi connectivity index (χ0) is 15.4. The first kappa shape index (κ1) is 14.4. The van der Waals surface area contributed by atoms with Gasteiger partial charge in [-0.3, -0.25) is 10.1 Å². The van der Waals surface area contributed by atoms with Gasteiger partial charge in [0.2, 0.25) is 0 Å². The smallest absolute Gasteiger partial charge is 0.339 e. The molecule has 0 aliphatic rings. The van der Waals surface area contributed by atoms with Crippen LogP contribution in [0.4, 0.5) is 17.2 Å². The predicted octanol–water partition coefficient (Wildman–Crippen LogP) is 2.85. The average Bonchev–Trinajstić information content (AvgIpc) is 2.49. The van der Waals surface area contributed by atoms with Crippen LogP contribution in [0.5, 0.6) is 0 Å². The number of anilines is 2. The molecule has 0 unspecified atom stereocenters. The second-order valence-electron chi connectivity index (χ2n) is 4.21. The van der Waals surface area contributed by atoms with Gasteiger partial charge in [0.25, 0.3) is 5.69 Å². The molecule has 2 rings (SSSR count). The van der Waals surface area contributed by atoms with Gasteiger partial charge in [-0.1, -0.05) is 18.2 Å². The van der Waals surface area contributed by atoms with Crippen molar-refractivity contribution >= 4 is 23.2 Å². The second kappa shape index (κ2) is 6.00. The van der Waals surface area contributed by atoms with Crippen molar-refractivity contribution in [1.82, 2.24) is 4.98 Å². The van der Waals surface area contributed by atoms with E-state index in [2.05, 4.69) is 4.98 Å². The van der Waals surface area contributed by atoms with Gasteiger partial charge in [0, 0.05) is 18.3 Å². The minimum atomic E-state index is -1.25. The fourth-order valence-corrected chi connectivity index (χ4v) is 1.98. The molecule has 1 heterocycles. The quantitative estimate of drug-likeness (QED) is 0.671. The van der Waals surface area contributed by atoms with Gasteiger partial charge < -0.3 is 10.0 Å². The zero-order valence-corrected chi connectivity index (χ0v) is 11.3. The van der Waals surface area contributed by atoms with Crippen LogP contribution < -0.4 is 4.90 Å². The van der Waals surface area contributed by atoms with Crippen molar-refractivity contribution in [2.75, 3.05) is 11.4 Å². The van der Waals surface area contributed by atoms with Crippen LogP contribution in [0.15, 0.2) is 42.6 Å². The summed E-state index contributed by atoms with van der Waals surface area (Å²) in [6.07, 6.45) is 1.06. The number of nitro groups is 1. The van der Waals surface area contributed by atoms with Crippen molar-refractivity contribution in [3.05, 3.63) is 58.3 Å². The van der Waals surface area contributed by atoms with Gasteiger partial charge >= 0.3 is 5.97 Å². The molecule has 7 heteroatoms. The monoisotopic (exact) mass is 287 g/mol. The predicted molar refractivity (Wildman–Crippen MR) is 77.0 cm³/mol. The Morgan fingerprint density at radius 1 is 1.38 bits per heavy atom. The van der Waals surface area contributed by atoms with Crippen LogP contribution in [0.1, 0.15) is 17.3 Å². The minimum absolute atomic E-state index is 0.182. The van der Waals surface area contributed by atoms with Crippen LogP contribution in [0.25, 0.3) is 0 Å². The van der Waals surface area contributed by atoms with E-state index in [4.69, 9.17) is 0 Å². The molecule has 0 atom stereocenters. The van der Waals surface area contributed by atoms with Crippen LogP contribution in [0.3, 0.4) is 0 Å². The van der Waals surface area contributed by atoms with Gasteiger partial charge in [0.05, 0.1) is 4.92 Å². The topological polar surface area (TPSA) is 96.6 Å². The molecule has 21 heavy (non-hydrogen) atoms. The lowest BCUT2D eigenvalue weighted by Gasteiger charge is -2.23. The van der Waals surface area contributed by atoms with Crippen molar-refractivity contribution in [2.24, 2.45) is 0 Å². The molecule has 7 nitrogen and oxygen atoms in total. The van der Waals surface area contributed by atoms with E-state index in [9.17, 15) is 20.0 Å². The second-order valence-corrected chi connectivity index (χ2v) is 4.21. The number of nitrogens with zero attached hydrogens (tertiary/aromatic N) is 3. The van der Waals surface area contributed by atoms with E-state index >= 15 is 0 Å². The third-order valence-corrected chi connectivity index (χ3v) is 2.93. The van der Waals surface area contributed by atoms with Gasteiger partial charge in [-0.15, -0.1) is 0 Å². The summed E-state index contributed by atoms with van der Waals surface area (Å²) in [5.74, 6) is -1.07. The van der Waals surface area contributed by atoms with E-state index in [-0.39, 0.29) is 17.1 Å². The molecule has 0 bridgehead atoms. The first-order valence-corrected chi connectivity index (χ1v) is 6.25. The van der Waals surface area contributed by atoms with Crippen molar-refractivity contribution in [3.8, 4) is 0 Å². The first-order chi connectivity index (χ1) is 10.0. The number of pyridine rings is 1. The Morgan fingerprint density at radius 2 is 2.05 bits per heavy atom.